The van der Waals surface area contributed by atoms with Gasteiger partial charge in [-0.2, -0.15) is 0 Å². The number of hydrogen-bond acceptors (Lipinski definition) is 2. The molecule has 2 aromatic carbocycles. The fourth-order valence-corrected chi connectivity index (χ4v) is 7.94. The van der Waals surface area contributed by atoms with Gasteiger partial charge >= 0.3 is 257 Å². The molecular weight excluding hydrogens is 544 g/mol. The molecule has 1 saturated carbocycles. The summed E-state index contributed by atoms with van der Waals surface area (Å²) < 4.78 is 5.02. The Morgan fingerprint density at radius 3 is 1.22 bits per heavy atom. The molecule has 4 rings (SSSR count). The molecule has 5 heteroatoms. The van der Waals surface area contributed by atoms with Crippen molar-refractivity contribution in [2.45, 2.75) is 143 Å². The van der Waals surface area contributed by atoms with Crippen LogP contribution in [0, 0.1) is 0 Å². The van der Waals surface area contributed by atoms with Crippen molar-refractivity contribution >= 4 is 12.4 Å². The van der Waals surface area contributed by atoms with Crippen LogP contribution >= 0.6 is 0 Å². The molecule has 0 amide bonds. The van der Waals surface area contributed by atoms with Crippen molar-refractivity contribution in [3.05, 3.63) is 57.6 Å². The average molecular weight is 599 g/mol. The quantitative estimate of drug-likeness (QED) is 0.367. The molecule has 2 aromatic rings. The van der Waals surface area contributed by atoms with E-state index in [1.807, 2.05) is 0 Å². The second-order valence-corrected chi connectivity index (χ2v) is 18.0. The minimum atomic E-state index is -0.155. The average Bonchev–Trinajstić information content (AvgIpc) is 3.15. The third kappa shape index (κ3) is 6.78. The first-order valence-corrected chi connectivity index (χ1v) is 16.5. The first-order valence-electron chi connectivity index (χ1n) is 15.4. The summed E-state index contributed by atoms with van der Waals surface area (Å²) in [5, 5.41) is 23.0. The van der Waals surface area contributed by atoms with Gasteiger partial charge in [-0.05, 0) is 0 Å². The second kappa shape index (κ2) is 10.9. The van der Waals surface area contributed by atoms with Gasteiger partial charge in [-0.25, -0.2) is 0 Å². The number of hydrogen-bond donors (Lipinski definition) is 2. The fourth-order valence-electron chi connectivity index (χ4n) is 5.95. The molecular formula is C36H54CrN2O2+2. The van der Waals surface area contributed by atoms with Crippen LogP contribution in [0.1, 0.15) is 142 Å². The van der Waals surface area contributed by atoms with Crippen molar-refractivity contribution in [1.82, 2.24) is 0 Å². The molecule has 2 atom stereocenters. The fraction of sp³-hybridized carbons (Fsp3) is 0.611. The van der Waals surface area contributed by atoms with E-state index in [2.05, 4.69) is 127 Å². The number of aromatic hydroxyl groups is 2. The number of phenols is 2. The minimum absolute atomic E-state index is 0.0117. The third-order valence-corrected chi connectivity index (χ3v) is 10.5. The van der Waals surface area contributed by atoms with E-state index in [0.29, 0.717) is 23.6 Å². The number of benzene rings is 2. The summed E-state index contributed by atoms with van der Waals surface area (Å²) in [4.78, 5) is 0. The van der Waals surface area contributed by atoms with Crippen LogP contribution in [0.2, 0.25) is 0 Å². The van der Waals surface area contributed by atoms with Crippen LogP contribution in [0.3, 0.4) is 0 Å². The van der Waals surface area contributed by atoms with Crippen LogP contribution in [0.15, 0.2) is 24.3 Å². The van der Waals surface area contributed by atoms with Gasteiger partial charge in [0.05, 0.1) is 0 Å². The van der Waals surface area contributed by atoms with Gasteiger partial charge in [-0.3, -0.25) is 0 Å². The molecule has 4 nitrogen and oxygen atoms in total. The maximum atomic E-state index is 11.5. The SMILES string of the molecule is CC(C)(C)c1cc(C=[N+]2[Cr][N+](=Cc3cc(C(C)(C)C)cc(C(C)(C)C)c3O)C3CCCCC32)c(O)c(C(C)(C)C)c1. The number of fused-ring (bicyclic) bond motifs is 1. The monoisotopic (exact) mass is 598 g/mol. The summed E-state index contributed by atoms with van der Waals surface area (Å²) in [6, 6.07) is 9.60. The Kier molecular flexibility index (Phi) is 8.45. The van der Waals surface area contributed by atoms with Crippen molar-refractivity contribution in [2.75, 3.05) is 0 Å². The van der Waals surface area contributed by atoms with Crippen LogP contribution in [-0.2, 0) is 37.3 Å². The molecule has 1 saturated heterocycles. The van der Waals surface area contributed by atoms with Crippen LogP contribution in [0.5, 0.6) is 11.5 Å². The van der Waals surface area contributed by atoms with E-state index in [-0.39, 0.29) is 37.3 Å². The van der Waals surface area contributed by atoms with Crippen molar-refractivity contribution < 1.29 is 33.0 Å². The first kappa shape index (κ1) is 31.8. The predicted molar refractivity (Wildman–Crippen MR) is 168 cm³/mol. The molecule has 41 heavy (non-hydrogen) atoms. The number of nitrogens with zero attached hydrogens (tertiary/aromatic N) is 2. The Bertz CT molecular complexity index is 1270. The van der Waals surface area contributed by atoms with Gasteiger partial charge in [-0.1, -0.05) is 0 Å². The van der Waals surface area contributed by atoms with Crippen LogP contribution < -0.4 is 0 Å². The topological polar surface area (TPSA) is 46.5 Å². The molecule has 0 radical (unpaired) electrons. The molecule has 2 unspecified atom stereocenters. The molecule has 1 heterocycles. The second-order valence-electron chi connectivity index (χ2n) is 16.4. The first-order chi connectivity index (χ1) is 18.7. The molecule has 1 aliphatic heterocycles. The Labute approximate surface area is 256 Å². The Morgan fingerprint density at radius 1 is 0.585 bits per heavy atom. The van der Waals surface area contributed by atoms with Gasteiger partial charge in [0.15, 0.2) is 0 Å². The molecule has 2 N–H and O–H groups in total. The summed E-state index contributed by atoms with van der Waals surface area (Å²) in [5.74, 6) is 0.808. The zero-order valence-electron chi connectivity index (χ0n) is 27.6. The van der Waals surface area contributed by atoms with Crippen molar-refractivity contribution in [2.24, 2.45) is 0 Å². The maximum absolute atomic E-state index is 11.5. The summed E-state index contributed by atoms with van der Waals surface area (Å²) in [6.07, 6.45) is 9.25. The zero-order chi connectivity index (χ0) is 30.7. The molecule has 224 valence electrons. The molecule has 1 aliphatic carbocycles. The summed E-state index contributed by atoms with van der Waals surface area (Å²) in [5.41, 5.74) is 6.01. The normalized spacial score (nSPS) is 22.4. The predicted octanol–water partition coefficient (Wildman–Crippen LogP) is 8.09. The van der Waals surface area contributed by atoms with Gasteiger partial charge in [0.25, 0.3) is 0 Å². The Balaban J connectivity index is 1.87. The summed E-state index contributed by atoms with van der Waals surface area (Å²) >= 11 is 0.0117. The Morgan fingerprint density at radius 2 is 0.927 bits per heavy atom. The molecule has 0 bridgehead atoms. The van der Waals surface area contributed by atoms with E-state index in [0.717, 1.165) is 35.1 Å². The number of rotatable bonds is 2. The molecule has 2 fully saturated rings. The molecule has 0 spiro atoms. The van der Waals surface area contributed by atoms with E-state index in [4.69, 9.17) is 0 Å². The van der Waals surface area contributed by atoms with Crippen molar-refractivity contribution in [1.29, 1.82) is 0 Å². The van der Waals surface area contributed by atoms with Gasteiger partial charge in [0.1, 0.15) is 0 Å². The zero-order valence-corrected chi connectivity index (χ0v) is 28.9. The van der Waals surface area contributed by atoms with Crippen LogP contribution in [0.4, 0.5) is 0 Å². The van der Waals surface area contributed by atoms with E-state index in [9.17, 15) is 10.2 Å². The van der Waals surface area contributed by atoms with Crippen molar-refractivity contribution in [3.63, 3.8) is 0 Å². The van der Waals surface area contributed by atoms with Gasteiger partial charge in [0.2, 0.25) is 0 Å². The third-order valence-electron chi connectivity index (χ3n) is 8.70. The summed E-state index contributed by atoms with van der Waals surface area (Å²) in [6.45, 7) is 26.5. The van der Waals surface area contributed by atoms with Gasteiger partial charge in [-0.15, -0.1) is 0 Å². The van der Waals surface area contributed by atoms with Gasteiger partial charge < -0.3 is 0 Å². The van der Waals surface area contributed by atoms with E-state index < -0.39 is 0 Å². The van der Waals surface area contributed by atoms with Crippen LogP contribution in [-0.4, -0.2) is 41.8 Å². The van der Waals surface area contributed by atoms with Gasteiger partial charge in [0, 0.05) is 0 Å². The summed E-state index contributed by atoms with van der Waals surface area (Å²) in [7, 11) is 0. The van der Waals surface area contributed by atoms with E-state index >= 15 is 0 Å². The van der Waals surface area contributed by atoms with E-state index in [1.165, 1.54) is 24.0 Å². The Hall–Kier alpha value is -2.09. The van der Waals surface area contributed by atoms with Crippen molar-refractivity contribution in [3.8, 4) is 11.5 Å². The molecule has 2 aliphatic rings. The standard InChI is InChI=1S/C36H54N2O2.Cr/c1-33(2,3)25-17-23(31(39)27(19-25)35(7,8)9)21-37-29-15-13-14-16-30(29)38-22-24-18-26(34(4,5)6)20-28(32(24)40)36(10,11)12;/h17-22,29-30,39-40H,13-16H2,1-12H3;/q;+2. The number of phenolic OH excluding ortho intramolecular Hbond substituents is 2. The van der Waals surface area contributed by atoms with Crippen LogP contribution in [0.25, 0.3) is 0 Å². The molecule has 0 aromatic heterocycles. The van der Waals surface area contributed by atoms with E-state index in [1.54, 1.807) is 0 Å².